The van der Waals surface area contributed by atoms with Gasteiger partial charge in [-0.1, -0.05) is 31.0 Å². The first kappa shape index (κ1) is 11.9. The number of anilines is 1. The first-order valence-corrected chi connectivity index (χ1v) is 5.09. The van der Waals surface area contributed by atoms with Crippen LogP contribution in [0.25, 0.3) is 0 Å². The van der Waals surface area contributed by atoms with Crippen LogP contribution in [0.5, 0.6) is 0 Å². The van der Waals surface area contributed by atoms with Crippen LogP contribution in [0.1, 0.15) is 12.8 Å². The van der Waals surface area contributed by atoms with Crippen molar-refractivity contribution in [3.05, 3.63) is 36.2 Å². The number of ether oxygens (including phenoxy) is 1. The van der Waals surface area contributed by atoms with Crippen LogP contribution in [0.4, 0.5) is 10.5 Å². The molecule has 0 aliphatic heterocycles. The zero-order valence-corrected chi connectivity index (χ0v) is 9.09. The SMILES string of the molecule is [CH2]CCCOC(=O)Nc1cccc(Cl)c1. The number of hydrogen-bond acceptors (Lipinski definition) is 2. The van der Waals surface area contributed by atoms with Crippen molar-refractivity contribution in [1.82, 2.24) is 0 Å². The molecule has 0 aromatic heterocycles. The van der Waals surface area contributed by atoms with E-state index in [1.54, 1.807) is 24.3 Å². The van der Waals surface area contributed by atoms with E-state index < -0.39 is 6.09 Å². The second-order valence-electron chi connectivity index (χ2n) is 2.98. The minimum absolute atomic E-state index is 0.385. The van der Waals surface area contributed by atoms with Gasteiger partial charge in [-0.2, -0.15) is 0 Å². The second-order valence-corrected chi connectivity index (χ2v) is 3.41. The van der Waals surface area contributed by atoms with Gasteiger partial charge >= 0.3 is 6.09 Å². The Bertz CT molecular complexity index is 328. The number of benzene rings is 1. The van der Waals surface area contributed by atoms with Crippen molar-refractivity contribution in [3.8, 4) is 0 Å². The second kappa shape index (κ2) is 6.30. The molecule has 1 aromatic carbocycles. The lowest BCUT2D eigenvalue weighted by Gasteiger charge is -2.06. The van der Waals surface area contributed by atoms with E-state index in [2.05, 4.69) is 12.2 Å². The highest BCUT2D eigenvalue weighted by Gasteiger charge is 2.02. The maximum absolute atomic E-state index is 11.2. The molecule has 1 aromatic rings. The summed E-state index contributed by atoms with van der Waals surface area (Å²) in [5.74, 6) is 0. The lowest BCUT2D eigenvalue weighted by Crippen LogP contribution is -2.14. The fraction of sp³-hybridized carbons (Fsp3) is 0.273. The van der Waals surface area contributed by atoms with Gasteiger partial charge in [0.25, 0.3) is 0 Å². The molecule has 0 bridgehead atoms. The predicted molar refractivity (Wildman–Crippen MR) is 61.0 cm³/mol. The molecule has 81 valence electrons. The standard InChI is InChI=1S/C11H13ClNO2/c1-2-3-7-15-11(14)13-10-6-4-5-9(12)8-10/h4-6,8H,1-3,7H2,(H,13,14). The van der Waals surface area contributed by atoms with Crippen LogP contribution in [-0.4, -0.2) is 12.7 Å². The van der Waals surface area contributed by atoms with Crippen molar-refractivity contribution in [1.29, 1.82) is 0 Å². The first-order valence-electron chi connectivity index (χ1n) is 4.71. The highest BCUT2D eigenvalue weighted by molar-refractivity contribution is 6.30. The van der Waals surface area contributed by atoms with Gasteiger partial charge in [0, 0.05) is 10.7 Å². The Hall–Kier alpha value is -1.22. The summed E-state index contributed by atoms with van der Waals surface area (Å²) in [6.45, 7) is 4.03. The molecule has 15 heavy (non-hydrogen) atoms. The molecule has 0 aliphatic carbocycles. The van der Waals surface area contributed by atoms with E-state index >= 15 is 0 Å². The van der Waals surface area contributed by atoms with Crippen molar-refractivity contribution in [2.75, 3.05) is 11.9 Å². The van der Waals surface area contributed by atoms with Crippen molar-refractivity contribution in [3.63, 3.8) is 0 Å². The fourth-order valence-electron chi connectivity index (χ4n) is 0.987. The van der Waals surface area contributed by atoms with Gasteiger partial charge < -0.3 is 4.74 Å². The van der Waals surface area contributed by atoms with Gasteiger partial charge in [0.15, 0.2) is 0 Å². The number of hydrogen-bond donors (Lipinski definition) is 1. The van der Waals surface area contributed by atoms with Gasteiger partial charge in [0.1, 0.15) is 0 Å². The number of halogens is 1. The largest absolute Gasteiger partial charge is 0.449 e. The highest BCUT2D eigenvalue weighted by atomic mass is 35.5. The topological polar surface area (TPSA) is 38.3 Å². The van der Waals surface area contributed by atoms with E-state index in [4.69, 9.17) is 16.3 Å². The summed E-state index contributed by atoms with van der Waals surface area (Å²) in [6.07, 6.45) is 1.05. The Kier molecular flexibility index (Phi) is 4.98. The van der Waals surface area contributed by atoms with Crippen LogP contribution in [0.15, 0.2) is 24.3 Å². The molecule has 0 unspecified atom stereocenters. The first-order chi connectivity index (χ1) is 7.22. The molecule has 0 atom stereocenters. The summed E-state index contributed by atoms with van der Waals surface area (Å²) in [4.78, 5) is 11.2. The Morgan fingerprint density at radius 2 is 2.33 bits per heavy atom. The minimum atomic E-state index is -0.467. The van der Waals surface area contributed by atoms with Crippen LogP contribution in [0, 0.1) is 6.92 Å². The smallest absolute Gasteiger partial charge is 0.411 e. The van der Waals surface area contributed by atoms with Crippen molar-refractivity contribution >= 4 is 23.4 Å². The summed E-state index contributed by atoms with van der Waals surface area (Å²) in [5, 5.41) is 3.15. The summed E-state index contributed by atoms with van der Waals surface area (Å²) in [6, 6.07) is 6.90. The van der Waals surface area contributed by atoms with E-state index in [0.29, 0.717) is 17.3 Å². The molecule has 4 heteroatoms. The molecule has 0 aliphatic rings. The van der Waals surface area contributed by atoms with Crippen LogP contribution in [-0.2, 0) is 4.74 Å². The summed E-state index contributed by atoms with van der Waals surface area (Å²) < 4.78 is 4.89. The molecule has 1 amide bonds. The maximum atomic E-state index is 11.2. The lowest BCUT2D eigenvalue weighted by molar-refractivity contribution is 0.160. The Labute approximate surface area is 94.4 Å². The number of amides is 1. The average Bonchev–Trinajstić information content (AvgIpc) is 2.18. The zero-order valence-electron chi connectivity index (χ0n) is 8.33. The van der Waals surface area contributed by atoms with Gasteiger partial charge in [-0.15, -0.1) is 0 Å². The molecular weight excluding hydrogens is 214 g/mol. The van der Waals surface area contributed by atoms with Crippen molar-refractivity contribution in [2.24, 2.45) is 0 Å². The fourth-order valence-corrected chi connectivity index (χ4v) is 1.18. The van der Waals surface area contributed by atoms with E-state index in [1.165, 1.54) is 0 Å². The number of rotatable bonds is 4. The molecule has 0 heterocycles. The van der Waals surface area contributed by atoms with Gasteiger partial charge in [-0.3, -0.25) is 5.32 Å². The van der Waals surface area contributed by atoms with Gasteiger partial charge in [0.2, 0.25) is 0 Å². The van der Waals surface area contributed by atoms with Crippen molar-refractivity contribution in [2.45, 2.75) is 12.8 Å². The number of nitrogens with one attached hydrogen (secondary N) is 1. The monoisotopic (exact) mass is 226 g/mol. The van der Waals surface area contributed by atoms with Crippen LogP contribution < -0.4 is 5.32 Å². The minimum Gasteiger partial charge on any atom is -0.449 e. The molecule has 1 N–H and O–H groups in total. The molecule has 0 spiro atoms. The van der Waals surface area contributed by atoms with Gasteiger partial charge in [-0.05, 0) is 24.6 Å². The van der Waals surface area contributed by atoms with E-state index in [-0.39, 0.29) is 0 Å². The Morgan fingerprint density at radius 3 is 3.00 bits per heavy atom. The number of unbranched alkanes of at least 4 members (excludes halogenated alkanes) is 1. The third-order valence-electron chi connectivity index (χ3n) is 1.70. The van der Waals surface area contributed by atoms with Crippen molar-refractivity contribution < 1.29 is 9.53 Å². The van der Waals surface area contributed by atoms with E-state index in [9.17, 15) is 4.79 Å². The van der Waals surface area contributed by atoms with Gasteiger partial charge in [0.05, 0.1) is 6.61 Å². The van der Waals surface area contributed by atoms with Crippen LogP contribution in [0.2, 0.25) is 5.02 Å². The third kappa shape index (κ3) is 4.70. The Morgan fingerprint density at radius 1 is 1.53 bits per heavy atom. The van der Waals surface area contributed by atoms with Crippen LogP contribution in [0.3, 0.4) is 0 Å². The third-order valence-corrected chi connectivity index (χ3v) is 1.93. The summed E-state index contributed by atoms with van der Waals surface area (Å²) >= 11 is 5.75. The molecule has 0 saturated heterocycles. The molecule has 0 fully saturated rings. The van der Waals surface area contributed by atoms with Gasteiger partial charge in [-0.25, -0.2) is 4.79 Å². The molecular formula is C11H13ClNO2. The average molecular weight is 227 g/mol. The number of carbonyl (C=O) groups excluding carboxylic acids is 1. The zero-order chi connectivity index (χ0) is 11.1. The maximum Gasteiger partial charge on any atom is 0.411 e. The Balaban J connectivity index is 2.37. The number of carbonyl (C=O) groups is 1. The molecule has 1 rings (SSSR count). The van der Waals surface area contributed by atoms with E-state index in [0.717, 1.165) is 12.8 Å². The highest BCUT2D eigenvalue weighted by Crippen LogP contribution is 2.14. The predicted octanol–water partition coefficient (Wildman–Crippen LogP) is 3.50. The summed E-state index contributed by atoms with van der Waals surface area (Å²) in [5.41, 5.74) is 0.627. The summed E-state index contributed by atoms with van der Waals surface area (Å²) in [7, 11) is 0. The lowest BCUT2D eigenvalue weighted by atomic mass is 10.3. The molecule has 3 nitrogen and oxygen atoms in total. The quantitative estimate of drug-likeness (QED) is 0.798. The normalized spacial score (nSPS) is 9.73. The molecule has 0 saturated carbocycles. The molecule has 1 radical (unpaired) electrons. The van der Waals surface area contributed by atoms with E-state index in [1.807, 2.05) is 0 Å². The van der Waals surface area contributed by atoms with Crippen LogP contribution >= 0.6 is 11.6 Å².